The summed E-state index contributed by atoms with van der Waals surface area (Å²) in [5.74, 6) is 0.00405. The van der Waals surface area contributed by atoms with Crippen molar-refractivity contribution in [3.63, 3.8) is 0 Å². The minimum atomic E-state index is -2.14. The van der Waals surface area contributed by atoms with Crippen LogP contribution >= 0.6 is 0 Å². The van der Waals surface area contributed by atoms with Crippen LogP contribution in [-0.2, 0) is 34.1 Å². The molecule has 4 aromatic carbocycles. The summed E-state index contributed by atoms with van der Waals surface area (Å²) < 4.78 is 11.3. The van der Waals surface area contributed by atoms with Crippen molar-refractivity contribution in [1.82, 2.24) is 15.5 Å². The summed E-state index contributed by atoms with van der Waals surface area (Å²) in [4.78, 5) is 86.4. The Morgan fingerprint density at radius 3 is 2.12 bits per heavy atom. The molecule has 6 amide bonds. The van der Waals surface area contributed by atoms with Crippen molar-refractivity contribution in [1.29, 1.82) is 0 Å². The summed E-state index contributed by atoms with van der Waals surface area (Å²) in [5, 5.41) is 15.5. The Bertz CT molecular complexity index is 2380. The van der Waals surface area contributed by atoms with Gasteiger partial charge in [-0.3, -0.25) is 19.3 Å². The van der Waals surface area contributed by atoms with E-state index >= 15 is 4.79 Å². The van der Waals surface area contributed by atoms with E-state index in [1.54, 1.807) is 55.1 Å². The van der Waals surface area contributed by atoms with E-state index in [1.807, 2.05) is 48.5 Å². The second-order valence-electron chi connectivity index (χ2n) is 14.8. The molecule has 0 radical (unpaired) electrons. The molecular formula is C44H42N6O9. The van der Waals surface area contributed by atoms with Crippen LogP contribution in [0, 0.1) is 23.7 Å². The number of imide groups is 1. The van der Waals surface area contributed by atoms with Crippen molar-refractivity contribution in [2.75, 3.05) is 18.6 Å². The van der Waals surface area contributed by atoms with Crippen molar-refractivity contribution >= 4 is 41.5 Å². The molecule has 15 nitrogen and oxygen atoms in total. The monoisotopic (exact) mass is 798 g/mol. The maximum atomic E-state index is 15.9. The summed E-state index contributed by atoms with van der Waals surface area (Å²) in [6, 6.07) is 22.3. The van der Waals surface area contributed by atoms with Gasteiger partial charge in [-0.15, -0.1) is 0 Å². The molecule has 59 heavy (non-hydrogen) atoms. The quantitative estimate of drug-likeness (QED) is 0.129. The molecule has 302 valence electrons. The van der Waals surface area contributed by atoms with Gasteiger partial charge in [0.05, 0.1) is 37.3 Å². The SMILES string of the molecule is COC(=O)C(NC(=O)N1C(=O)C2(c3cc(C#CCNC(N)=O)ccc31)C(C(N)=O)C1C(=O)OC(c3ccccc3)C(c3ccccc3)N1C2c1ccc(O)cc1)C(C)C. The number of nitrogens with two attached hydrogens (primary N) is 2. The second-order valence-corrected chi connectivity index (χ2v) is 14.8. The van der Waals surface area contributed by atoms with Crippen molar-refractivity contribution in [2.45, 2.75) is 49.5 Å². The van der Waals surface area contributed by atoms with E-state index in [4.69, 9.17) is 20.9 Å². The Balaban J connectivity index is 1.54. The van der Waals surface area contributed by atoms with Crippen LogP contribution in [-0.4, -0.2) is 71.6 Å². The van der Waals surface area contributed by atoms with E-state index in [2.05, 4.69) is 22.5 Å². The number of hydrogen-bond donors (Lipinski definition) is 5. The average molecular weight is 799 g/mol. The number of aromatic hydroxyl groups is 1. The number of carbonyl (C=O) groups is 6. The summed E-state index contributed by atoms with van der Waals surface area (Å²) in [6.45, 7) is 3.27. The van der Waals surface area contributed by atoms with Crippen molar-refractivity contribution in [3.8, 4) is 17.6 Å². The van der Waals surface area contributed by atoms with Crippen LogP contribution in [0.2, 0.25) is 0 Å². The molecule has 1 spiro atoms. The highest BCUT2D eigenvalue weighted by atomic mass is 16.6. The summed E-state index contributed by atoms with van der Waals surface area (Å²) >= 11 is 0. The van der Waals surface area contributed by atoms with Gasteiger partial charge in [-0.25, -0.2) is 19.3 Å². The van der Waals surface area contributed by atoms with Crippen molar-refractivity contribution in [3.05, 3.63) is 131 Å². The van der Waals surface area contributed by atoms with Gasteiger partial charge in [0.1, 0.15) is 29.4 Å². The van der Waals surface area contributed by atoms with Crippen LogP contribution in [0.3, 0.4) is 0 Å². The van der Waals surface area contributed by atoms with E-state index < -0.39 is 83.3 Å². The highest BCUT2D eigenvalue weighted by Gasteiger charge is 2.75. The number of amides is 6. The summed E-state index contributed by atoms with van der Waals surface area (Å²) in [5.41, 5.74) is 11.7. The average Bonchev–Trinajstić information content (AvgIpc) is 3.68. The molecule has 4 aromatic rings. The smallest absolute Gasteiger partial charge is 0.329 e. The van der Waals surface area contributed by atoms with E-state index in [0.717, 1.165) is 4.90 Å². The lowest BCUT2D eigenvalue weighted by atomic mass is 9.65. The topological polar surface area (TPSA) is 224 Å². The largest absolute Gasteiger partial charge is 0.508 e. The number of esters is 2. The van der Waals surface area contributed by atoms with Gasteiger partial charge < -0.3 is 36.7 Å². The lowest BCUT2D eigenvalue weighted by Crippen LogP contribution is -2.57. The van der Waals surface area contributed by atoms with Crippen molar-refractivity contribution in [2.24, 2.45) is 23.3 Å². The molecule has 3 aliphatic heterocycles. The third-order valence-corrected chi connectivity index (χ3v) is 11.2. The number of phenols is 1. The number of morpholine rings is 1. The Hall–Kier alpha value is -7.18. The van der Waals surface area contributed by atoms with Gasteiger partial charge in [-0.05, 0) is 58.5 Å². The van der Waals surface area contributed by atoms with E-state index in [1.165, 1.54) is 25.3 Å². The second kappa shape index (κ2) is 16.0. The summed E-state index contributed by atoms with van der Waals surface area (Å²) in [7, 11) is 1.18. The first-order chi connectivity index (χ1) is 28.3. The van der Waals surface area contributed by atoms with Gasteiger partial charge in [0, 0.05) is 5.56 Å². The van der Waals surface area contributed by atoms with E-state index in [9.17, 15) is 29.1 Å². The number of nitrogens with one attached hydrogen (secondary N) is 2. The molecule has 3 aliphatic rings. The molecule has 0 saturated carbocycles. The predicted molar refractivity (Wildman–Crippen MR) is 213 cm³/mol. The molecule has 7 N–H and O–H groups in total. The minimum Gasteiger partial charge on any atom is -0.508 e. The number of hydrogen-bond acceptors (Lipinski definition) is 10. The molecule has 2 saturated heterocycles. The first-order valence-corrected chi connectivity index (χ1v) is 18.9. The zero-order valence-corrected chi connectivity index (χ0v) is 32.3. The highest BCUT2D eigenvalue weighted by Crippen LogP contribution is 2.65. The Labute approximate surface area is 339 Å². The number of fused-ring (bicyclic) bond motifs is 3. The van der Waals surface area contributed by atoms with Gasteiger partial charge in [-0.1, -0.05) is 98.5 Å². The number of nitrogens with zero attached hydrogens (tertiary/aromatic N) is 2. The molecule has 7 unspecified atom stereocenters. The number of methoxy groups -OCH3 is 1. The molecular weight excluding hydrogens is 757 g/mol. The molecule has 0 bridgehead atoms. The first-order valence-electron chi connectivity index (χ1n) is 18.9. The van der Waals surface area contributed by atoms with Crippen LogP contribution in [0.4, 0.5) is 15.3 Å². The van der Waals surface area contributed by atoms with Gasteiger partial charge in [0.25, 0.3) is 0 Å². The fourth-order valence-electron chi connectivity index (χ4n) is 8.77. The molecule has 3 heterocycles. The Morgan fingerprint density at radius 2 is 1.53 bits per heavy atom. The van der Waals surface area contributed by atoms with Gasteiger partial charge in [0.15, 0.2) is 0 Å². The first kappa shape index (κ1) is 40.0. The molecule has 7 atom stereocenters. The fourth-order valence-corrected chi connectivity index (χ4v) is 8.77. The molecule has 0 aromatic heterocycles. The molecule has 15 heteroatoms. The number of urea groups is 2. The van der Waals surface area contributed by atoms with Crippen LogP contribution in [0.25, 0.3) is 0 Å². The van der Waals surface area contributed by atoms with Crippen molar-refractivity contribution < 1.29 is 43.3 Å². The number of phenolic OH excluding ortho intramolecular Hbond substituents is 1. The molecule has 0 aliphatic carbocycles. The fraction of sp³-hybridized carbons (Fsp3) is 0.273. The number of carbonyl (C=O) groups excluding carboxylic acids is 6. The maximum absolute atomic E-state index is 15.9. The lowest BCUT2D eigenvalue weighted by molar-refractivity contribution is -0.178. The maximum Gasteiger partial charge on any atom is 0.329 e. The van der Waals surface area contributed by atoms with Gasteiger partial charge >= 0.3 is 24.0 Å². The number of ether oxygens (including phenoxy) is 2. The zero-order valence-electron chi connectivity index (χ0n) is 32.3. The number of primary amides is 2. The van der Waals surface area contributed by atoms with Gasteiger partial charge in [0.2, 0.25) is 11.8 Å². The minimum absolute atomic E-state index is 0.0415. The van der Waals surface area contributed by atoms with Gasteiger partial charge in [-0.2, -0.15) is 0 Å². The van der Waals surface area contributed by atoms with E-state index in [0.29, 0.717) is 22.3 Å². The zero-order chi connectivity index (χ0) is 42.2. The van der Waals surface area contributed by atoms with Crippen LogP contribution in [0.15, 0.2) is 103 Å². The third kappa shape index (κ3) is 6.87. The predicted octanol–water partition coefficient (Wildman–Crippen LogP) is 3.47. The number of anilines is 1. The normalized spacial score (nSPS) is 23.7. The third-order valence-electron chi connectivity index (χ3n) is 11.2. The standard InChI is InChI=1S/C44H42N6O9/c1-24(2)33(39(53)58-3)48-43(57)49-31-21-16-25(11-10-22-47-42(46)56)23-30(31)44(41(49)55)32(38(45)52)35-40(54)59-36(27-14-8-5-9-15-27)34(26-12-6-4-7-13-26)50(35)37(44)28-17-19-29(51)20-18-28/h4-9,12-21,23-24,32-37,51H,22H2,1-3H3,(H2,45,52)(H,48,57)(H3,46,47,56). The number of cyclic esters (lactones) is 1. The Morgan fingerprint density at radius 1 is 0.881 bits per heavy atom. The lowest BCUT2D eigenvalue weighted by Gasteiger charge is -2.46. The molecule has 7 rings (SSSR count). The Kier molecular flexibility index (Phi) is 10.8. The van der Waals surface area contributed by atoms with Crippen LogP contribution in [0.5, 0.6) is 5.75 Å². The molecule has 2 fully saturated rings. The highest BCUT2D eigenvalue weighted by molar-refractivity contribution is 6.25. The number of benzene rings is 4. The summed E-state index contributed by atoms with van der Waals surface area (Å²) in [6.07, 6.45) is -0.956. The number of rotatable bonds is 8. The van der Waals surface area contributed by atoms with Crippen LogP contribution in [0.1, 0.15) is 59.9 Å². The van der Waals surface area contributed by atoms with E-state index in [-0.39, 0.29) is 23.5 Å². The van der Waals surface area contributed by atoms with Crippen LogP contribution < -0.4 is 27.0 Å².